The number of thiophene rings is 1. The van der Waals surface area contributed by atoms with Gasteiger partial charge in [0.1, 0.15) is 5.75 Å². The highest BCUT2D eigenvalue weighted by Crippen LogP contribution is 2.22. The lowest BCUT2D eigenvalue weighted by Crippen LogP contribution is -2.22. The van der Waals surface area contributed by atoms with Gasteiger partial charge in [0, 0.05) is 6.04 Å². The van der Waals surface area contributed by atoms with E-state index in [-0.39, 0.29) is 0 Å². The van der Waals surface area contributed by atoms with Crippen LogP contribution in [0, 0.1) is 0 Å². The average Bonchev–Trinajstić information content (AvgIpc) is 2.82. The first-order valence-corrected chi connectivity index (χ1v) is 6.77. The topological polar surface area (TPSA) is 32.3 Å². The fourth-order valence-electron chi connectivity index (χ4n) is 1.95. The Hall–Kier alpha value is -1.32. The second-order valence-corrected chi connectivity index (χ2v) is 4.82. The molecule has 0 amide bonds. The Morgan fingerprint density at radius 1 is 1.35 bits per heavy atom. The van der Waals surface area contributed by atoms with Crippen molar-refractivity contribution in [1.29, 1.82) is 0 Å². The lowest BCUT2D eigenvalue weighted by Gasteiger charge is -2.17. The fraction of sp³-hybridized carbons (Fsp3) is 0.286. The number of likely N-dealkylation sites (N-methyl/N-ethyl adjacent to an activating group) is 1. The number of rotatable bonds is 5. The zero-order valence-corrected chi connectivity index (χ0v) is 10.7. The summed E-state index contributed by atoms with van der Waals surface area (Å²) >= 11 is 1.72. The summed E-state index contributed by atoms with van der Waals surface area (Å²) in [6.45, 7) is 3.06. The van der Waals surface area contributed by atoms with Crippen molar-refractivity contribution in [2.75, 3.05) is 6.54 Å². The van der Waals surface area contributed by atoms with Gasteiger partial charge in [0.25, 0.3) is 0 Å². The van der Waals surface area contributed by atoms with E-state index >= 15 is 0 Å². The number of aromatic hydroxyl groups is 1. The predicted molar refractivity (Wildman–Crippen MR) is 72.5 cm³/mol. The Morgan fingerprint density at radius 3 is 2.88 bits per heavy atom. The van der Waals surface area contributed by atoms with Gasteiger partial charge in [-0.25, -0.2) is 0 Å². The Morgan fingerprint density at radius 2 is 2.24 bits per heavy atom. The summed E-state index contributed by atoms with van der Waals surface area (Å²) < 4.78 is 0. The normalized spacial score (nSPS) is 12.5. The number of nitrogens with one attached hydrogen (secondary N) is 1. The molecule has 90 valence electrons. The summed E-state index contributed by atoms with van der Waals surface area (Å²) in [5.74, 6) is 0.336. The third kappa shape index (κ3) is 3.32. The van der Waals surface area contributed by atoms with E-state index in [9.17, 15) is 5.11 Å². The monoisotopic (exact) mass is 247 g/mol. The highest BCUT2D eigenvalue weighted by Gasteiger charge is 2.11. The molecule has 1 atom stereocenters. The van der Waals surface area contributed by atoms with Crippen LogP contribution in [0.5, 0.6) is 5.75 Å². The summed E-state index contributed by atoms with van der Waals surface area (Å²) in [5.41, 5.74) is 2.47. The molecule has 1 aromatic carbocycles. The molecule has 1 unspecified atom stereocenters. The Kier molecular flexibility index (Phi) is 4.18. The third-order valence-electron chi connectivity index (χ3n) is 2.75. The van der Waals surface area contributed by atoms with E-state index in [0.29, 0.717) is 11.8 Å². The molecular weight excluding hydrogens is 230 g/mol. The van der Waals surface area contributed by atoms with Gasteiger partial charge in [0.2, 0.25) is 0 Å². The van der Waals surface area contributed by atoms with Gasteiger partial charge in [-0.2, -0.15) is 11.3 Å². The van der Waals surface area contributed by atoms with Crippen LogP contribution in [0.1, 0.15) is 24.1 Å². The quantitative estimate of drug-likeness (QED) is 0.849. The molecule has 1 aromatic heterocycles. The van der Waals surface area contributed by atoms with E-state index in [1.165, 1.54) is 5.56 Å². The number of hydrogen-bond acceptors (Lipinski definition) is 3. The molecule has 2 N–H and O–H groups in total. The van der Waals surface area contributed by atoms with Crippen LogP contribution in [0.4, 0.5) is 0 Å². The van der Waals surface area contributed by atoms with Gasteiger partial charge >= 0.3 is 0 Å². The first-order chi connectivity index (χ1) is 8.29. The van der Waals surface area contributed by atoms with Crippen LogP contribution in [0.2, 0.25) is 0 Å². The minimum Gasteiger partial charge on any atom is -0.508 e. The van der Waals surface area contributed by atoms with E-state index in [0.717, 1.165) is 18.5 Å². The van der Waals surface area contributed by atoms with Crippen molar-refractivity contribution in [3.8, 4) is 5.75 Å². The number of benzene rings is 1. The zero-order chi connectivity index (χ0) is 12.1. The fourth-order valence-corrected chi connectivity index (χ4v) is 2.66. The maximum Gasteiger partial charge on any atom is 0.115 e. The molecule has 3 heteroatoms. The lowest BCUT2D eigenvalue weighted by molar-refractivity contribution is 0.473. The summed E-state index contributed by atoms with van der Waals surface area (Å²) in [6, 6.07) is 9.96. The van der Waals surface area contributed by atoms with Crippen LogP contribution in [0.3, 0.4) is 0 Å². The van der Waals surface area contributed by atoms with Crippen molar-refractivity contribution in [1.82, 2.24) is 5.32 Å². The van der Waals surface area contributed by atoms with E-state index in [1.807, 2.05) is 12.1 Å². The molecule has 2 rings (SSSR count). The van der Waals surface area contributed by atoms with Crippen molar-refractivity contribution in [3.63, 3.8) is 0 Å². The van der Waals surface area contributed by atoms with Gasteiger partial charge in [0.05, 0.1) is 0 Å². The van der Waals surface area contributed by atoms with Crippen molar-refractivity contribution in [3.05, 3.63) is 52.2 Å². The van der Waals surface area contributed by atoms with E-state index < -0.39 is 0 Å². The lowest BCUT2D eigenvalue weighted by atomic mass is 10.0. The number of hydrogen-bond donors (Lipinski definition) is 2. The molecule has 0 spiro atoms. The van der Waals surface area contributed by atoms with Crippen molar-refractivity contribution in [2.24, 2.45) is 0 Å². The maximum atomic E-state index is 9.47. The highest BCUT2D eigenvalue weighted by molar-refractivity contribution is 7.07. The summed E-state index contributed by atoms with van der Waals surface area (Å²) in [5, 5.41) is 17.2. The molecule has 0 saturated carbocycles. The second-order valence-electron chi connectivity index (χ2n) is 4.04. The molecule has 2 nitrogen and oxygen atoms in total. The van der Waals surface area contributed by atoms with Gasteiger partial charge in [-0.15, -0.1) is 0 Å². The Balaban J connectivity index is 2.13. The van der Waals surface area contributed by atoms with Crippen LogP contribution in [-0.2, 0) is 6.42 Å². The maximum absolute atomic E-state index is 9.47. The molecular formula is C14H17NOS. The summed E-state index contributed by atoms with van der Waals surface area (Å²) in [4.78, 5) is 0. The van der Waals surface area contributed by atoms with Gasteiger partial charge < -0.3 is 10.4 Å². The van der Waals surface area contributed by atoms with Crippen LogP contribution >= 0.6 is 11.3 Å². The highest BCUT2D eigenvalue weighted by atomic mass is 32.1. The first-order valence-electron chi connectivity index (χ1n) is 5.83. The molecule has 2 aromatic rings. The molecule has 0 saturated heterocycles. The largest absolute Gasteiger partial charge is 0.508 e. The minimum absolute atomic E-state index is 0.327. The molecule has 1 heterocycles. The van der Waals surface area contributed by atoms with Crippen LogP contribution in [0.25, 0.3) is 0 Å². The van der Waals surface area contributed by atoms with Crippen molar-refractivity contribution >= 4 is 11.3 Å². The Labute approximate surface area is 106 Å². The van der Waals surface area contributed by atoms with Gasteiger partial charge in [0.15, 0.2) is 0 Å². The van der Waals surface area contributed by atoms with E-state index in [2.05, 4.69) is 35.1 Å². The van der Waals surface area contributed by atoms with Crippen molar-refractivity contribution in [2.45, 2.75) is 19.4 Å². The van der Waals surface area contributed by atoms with Gasteiger partial charge in [-0.1, -0.05) is 19.1 Å². The number of phenolic OH excluding ortho intramolecular Hbond substituents is 1. The third-order valence-corrected chi connectivity index (χ3v) is 3.45. The molecule has 0 aliphatic rings. The second kappa shape index (κ2) is 5.84. The SMILES string of the molecule is CCNC(Cc1cccc(O)c1)c1ccsc1. The standard InChI is InChI=1S/C14H17NOS/c1-2-15-14(12-6-7-17-10-12)9-11-4-3-5-13(16)8-11/h3-8,10,14-16H,2,9H2,1H3. The smallest absolute Gasteiger partial charge is 0.115 e. The molecule has 0 aliphatic carbocycles. The van der Waals surface area contributed by atoms with Crippen molar-refractivity contribution < 1.29 is 5.11 Å². The van der Waals surface area contributed by atoms with Gasteiger partial charge in [-0.3, -0.25) is 0 Å². The molecule has 0 aliphatic heterocycles. The van der Waals surface area contributed by atoms with Crippen LogP contribution in [-0.4, -0.2) is 11.7 Å². The molecule has 0 radical (unpaired) electrons. The van der Waals surface area contributed by atoms with Gasteiger partial charge in [-0.05, 0) is 53.1 Å². The average molecular weight is 247 g/mol. The predicted octanol–water partition coefficient (Wildman–Crippen LogP) is 3.35. The number of phenols is 1. The van der Waals surface area contributed by atoms with E-state index in [1.54, 1.807) is 17.4 Å². The molecule has 0 fully saturated rings. The Bertz CT molecular complexity index is 453. The summed E-state index contributed by atoms with van der Waals surface area (Å²) in [6.07, 6.45) is 0.902. The minimum atomic E-state index is 0.327. The molecule has 17 heavy (non-hydrogen) atoms. The van der Waals surface area contributed by atoms with E-state index in [4.69, 9.17) is 0 Å². The summed E-state index contributed by atoms with van der Waals surface area (Å²) in [7, 11) is 0. The van der Waals surface area contributed by atoms with Crippen LogP contribution in [0.15, 0.2) is 41.1 Å². The van der Waals surface area contributed by atoms with Crippen LogP contribution < -0.4 is 5.32 Å². The zero-order valence-electron chi connectivity index (χ0n) is 9.89. The molecule has 0 bridgehead atoms. The first kappa shape index (κ1) is 12.1.